The van der Waals surface area contributed by atoms with Crippen LogP contribution in [-0.2, 0) is 12.7 Å². The third-order valence-corrected chi connectivity index (χ3v) is 3.68. The van der Waals surface area contributed by atoms with Gasteiger partial charge in [0.1, 0.15) is 0 Å². The highest BCUT2D eigenvalue weighted by Gasteiger charge is 2.31. The van der Waals surface area contributed by atoms with Crippen LogP contribution in [0.5, 0.6) is 0 Å². The van der Waals surface area contributed by atoms with Crippen molar-refractivity contribution in [2.24, 2.45) is 0 Å². The molecule has 24 heavy (non-hydrogen) atoms. The van der Waals surface area contributed by atoms with E-state index in [0.29, 0.717) is 12.1 Å². The zero-order valence-corrected chi connectivity index (χ0v) is 13.2. The van der Waals surface area contributed by atoms with Gasteiger partial charge in [-0.05, 0) is 18.6 Å². The highest BCUT2D eigenvalue weighted by molar-refractivity contribution is 5.34. The molecule has 1 heterocycles. The first-order chi connectivity index (χ1) is 11.2. The number of alkyl halides is 3. The average Bonchev–Trinajstić information content (AvgIpc) is 2.69. The van der Waals surface area contributed by atoms with E-state index in [0.717, 1.165) is 22.9 Å². The van der Waals surface area contributed by atoms with Crippen molar-refractivity contribution in [3.63, 3.8) is 0 Å². The molecule has 1 unspecified atom stereocenters. The molecular weight excluding hydrogens is 321 g/mol. The highest BCUT2D eigenvalue weighted by Crippen LogP contribution is 2.28. The first-order valence-corrected chi connectivity index (χ1v) is 7.45. The van der Waals surface area contributed by atoms with Crippen molar-refractivity contribution in [3.05, 3.63) is 70.2 Å². The first kappa shape index (κ1) is 18.2. The number of pyridine rings is 1. The van der Waals surface area contributed by atoms with Gasteiger partial charge in [-0.25, -0.2) is 0 Å². The second-order valence-electron chi connectivity index (χ2n) is 5.75. The van der Waals surface area contributed by atoms with Crippen molar-refractivity contribution in [2.75, 3.05) is 13.2 Å². The van der Waals surface area contributed by atoms with Crippen LogP contribution in [-0.4, -0.2) is 28.4 Å². The lowest BCUT2D eigenvalue weighted by atomic mass is 10.0. The Balaban J connectivity index is 2.21. The fourth-order valence-corrected chi connectivity index (χ4v) is 2.33. The molecule has 0 aliphatic heterocycles. The number of aliphatic hydroxyl groups is 1. The molecule has 0 saturated heterocycles. The molecule has 2 N–H and O–H groups in total. The van der Waals surface area contributed by atoms with E-state index in [1.807, 2.05) is 19.1 Å². The minimum absolute atomic E-state index is 0.00279. The number of allylic oxidation sites excluding steroid dienone is 4. The van der Waals surface area contributed by atoms with E-state index in [1.54, 1.807) is 18.2 Å². The van der Waals surface area contributed by atoms with Crippen LogP contribution < -0.4 is 10.9 Å². The Kier molecular flexibility index (Phi) is 5.46. The van der Waals surface area contributed by atoms with E-state index >= 15 is 0 Å². The third-order valence-electron chi connectivity index (χ3n) is 3.68. The van der Waals surface area contributed by atoms with E-state index in [1.165, 1.54) is 0 Å². The van der Waals surface area contributed by atoms with Gasteiger partial charge in [-0.1, -0.05) is 30.4 Å². The molecule has 1 aliphatic rings. The van der Waals surface area contributed by atoms with Crippen LogP contribution in [0.15, 0.2) is 59.1 Å². The van der Waals surface area contributed by atoms with Gasteiger partial charge < -0.3 is 15.0 Å². The lowest BCUT2D eigenvalue weighted by molar-refractivity contribution is -0.138. The van der Waals surface area contributed by atoms with Gasteiger partial charge >= 0.3 is 6.18 Å². The van der Waals surface area contributed by atoms with Crippen molar-refractivity contribution < 1.29 is 18.3 Å². The summed E-state index contributed by atoms with van der Waals surface area (Å²) in [4.78, 5) is 11.8. The molecule has 0 amide bonds. The summed E-state index contributed by atoms with van der Waals surface area (Å²) >= 11 is 0. The van der Waals surface area contributed by atoms with Gasteiger partial charge in [-0.3, -0.25) is 4.79 Å². The molecular formula is C17H19F3N2O2. The van der Waals surface area contributed by atoms with E-state index in [-0.39, 0.29) is 13.2 Å². The number of aromatic nitrogens is 1. The van der Waals surface area contributed by atoms with Gasteiger partial charge in [-0.2, -0.15) is 13.2 Å². The van der Waals surface area contributed by atoms with E-state index < -0.39 is 22.8 Å². The molecule has 2 rings (SSSR count). The number of hydrogen-bond acceptors (Lipinski definition) is 3. The smallest absolute Gasteiger partial charge is 0.395 e. The summed E-state index contributed by atoms with van der Waals surface area (Å²) in [5.41, 5.74) is -1.13. The fraction of sp³-hybridized carbons (Fsp3) is 0.353. The standard InChI is InChI=1S/C17H19F3N2O2/c1-16(21-9-10-23)7-2-3-13(6-8-16)11-22-12-14(17(18,19)20)4-5-15(22)24/h2-8,12,21,23H,9-11H2,1H3. The van der Waals surface area contributed by atoms with Gasteiger partial charge in [0.25, 0.3) is 5.56 Å². The van der Waals surface area contributed by atoms with E-state index in [2.05, 4.69) is 5.32 Å². The molecule has 1 aromatic heterocycles. The quantitative estimate of drug-likeness (QED) is 0.865. The van der Waals surface area contributed by atoms with Gasteiger partial charge in [-0.15, -0.1) is 0 Å². The molecule has 7 heteroatoms. The maximum absolute atomic E-state index is 12.8. The number of hydrogen-bond donors (Lipinski definition) is 2. The molecule has 1 aromatic rings. The molecule has 4 nitrogen and oxygen atoms in total. The lowest BCUT2D eigenvalue weighted by Gasteiger charge is -2.22. The molecule has 1 aliphatic carbocycles. The number of nitrogens with one attached hydrogen (secondary N) is 1. The molecule has 0 bridgehead atoms. The largest absolute Gasteiger partial charge is 0.417 e. The van der Waals surface area contributed by atoms with E-state index in [4.69, 9.17) is 5.11 Å². The highest BCUT2D eigenvalue weighted by atomic mass is 19.4. The zero-order chi connectivity index (χ0) is 17.8. The van der Waals surface area contributed by atoms with Crippen LogP contribution in [0.4, 0.5) is 13.2 Å². The minimum atomic E-state index is -4.49. The Bertz CT molecular complexity index is 732. The van der Waals surface area contributed by atoms with Crippen LogP contribution in [0.25, 0.3) is 0 Å². The average molecular weight is 340 g/mol. The summed E-state index contributed by atoms with van der Waals surface area (Å²) in [6, 6.07) is 1.71. The topological polar surface area (TPSA) is 54.3 Å². The summed E-state index contributed by atoms with van der Waals surface area (Å²) in [5, 5.41) is 12.0. The summed E-state index contributed by atoms with van der Waals surface area (Å²) in [6.07, 6.45) is 5.34. The summed E-state index contributed by atoms with van der Waals surface area (Å²) in [7, 11) is 0. The Morgan fingerprint density at radius 1 is 1.29 bits per heavy atom. The minimum Gasteiger partial charge on any atom is -0.395 e. The SMILES string of the molecule is CC1(NCCO)C=CC=C(Cn2cc(C(F)(F)F)ccc2=O)C=C1. The Morgan fingerprint density at radius 2 is 2.04 bits per heavy atom. The van der Waals surface area contributed by atoms with Crippen molar-refractivity contribution in [2.45, 2.75) is 25.2 Å². The Morgan fingerprint density at radius 3 is 2.71 bits per heavy atom. The van der Waals surface area contributed by atoms with Crippen molar-refractivity contribution in [1.82, 2.24) is 9.88 Å². The van der Waals surface area contributed by atoms with Crippen LogP contribution in [0, 0.1) is 0 Å². The maximum Gasteiger partial charge on any atom is 0.417 e. The first-order valence-electron chi connectivity index (χ1n) is 7.45. The molecule has 0 fully saturated rings. The molecule has 0 spiro atoms. The van der Waals surface area contributed by atoms with Gasteiger partial charge in [0.2, 0.25) is 0 Å². The number of rotatable bonds is 5. The number of halogens is 3. The number of β-amino-alcohol motifs (C(OH)–C–C–N with tert-alkyl or cyclic N) is 1. The number of aliphatic hydroxyl groups excluding tert-OH is 1. The monoisotopic (exact) mass is 340 g/mol. The summed E-state index contributed by atoms with van der Waals surface area (Å²) < 4.78 is 39.4. The van der Waals surface area contributed by atoms with Gasteiger partial charge in [0.05, 0.1) is 24.3 Å². The lowest BCUT2D eigenvalue weighted by Crippen LogP contribution is -2.40. The summed E-state index contributed by atoms with van der Waals surface area (Å²) in [5.74, 6) is 0. The maximum atomic E-state index is 12.8. The third kappa shape index (κ3) is 4.69. The normalized spacial score (nSPS) is 20.8. The van der Waals surface area contributed by atoms with Gasteiger partial charge in [0, 0.05) is 18.8 Å². The molecule has 130 valence electrons. The molecule has 0 radical (unpaired) electrons. The fourth-order valence-electron chi connectivity index (χ4n) is 2.33. The van der Waals surface area contributed by atoms with Crippen molar-refractivity contribution >= 4 is 0 Å². The van der Waals surface area contributed by atoms with Crippen molar-refractivity contribution in [1.29, 1.82) is 0 Å². The number of nitrogens with zero attached hydrogens (tertiary/aromatic N) is 1. The molecule has 1 atom stereocenters. The zero-order valence-electron chi connectivity index (χ0n) is 13.2. The predicted molar refractivity (Wildman–Crippen MR) is 85.6 cm³/mol. The Hall–Kier alpha value is -2.12. The Labute approximate surface area is 137 Å². The second-order valence-corrected chi connectivity index (χ2v) is 5.75. The van der Waals surface area contributed by atoms with Crippen LogP contribution in [0.1, 0.15) is 12.5 Å². The predicted octanol–water partition coefficient (Wildman–Crippen LogP) is 2.26. The van der Waals surface area contributed by atoms with Crippen LogP contribution >= 0.6 is 0 Å². The van der Waals surface area contributed by atoms with E-state index in [9.17, 15) is 18.0 Å². The second kappa shape index (κ2) is 7.19. The van der Waals surface area contributed by atoms with Crippen LogP contribution in [0.2, 0.25) is 0 Å². The molecule has 0 aromatic carbocycles. The summed E-state index contributed by atoms with van der Waals surface area (Å²) in [6.45, 7) is 2.35. The van der Waals surface area contributed by atoms with Crippen molar-refractivity contribution in [3.8, 4) is 0 Å². The van der Waals surface area contributed by atoms with Crippen LogP contribution in [0.3, 0.4) is 0 Å². The molecule has 0 saturated carbocycles. The van der Waals surface area contributed by atoms with Gasteiger partial charge in [0.15, 0.2) is 0 Å².